The summed E-state index contributed by atoms with van der Waals surface area (Å²) in [5, 5.41) is 14.8. The van der Waals surface area contributed by atoms with E-state index in [0.29, 0.717) is 0 Å². The largest absolute Gasteiger partial charge is 0.497 e. The van der Waals surface area contributed by atoms with E-state index in [2.05, 4.69) is 17.0 Å². The number of carbonyl (C=O) groups is 2. The normalized spacial score (nSPS) is 14.7. The van der Waals surface area contributed by atoms with Crippen LogP contribution >= 0.6 is 0 Å². The highest BCUT2D eigenvalue weighted by Gasteiger charge is 2.10. The Kier molecular flexibility index (Phi) is 7.20. The average Bonchev–Trinajstić information content (AvgIpc) is 2.49. The summed E-state index contributed by atoms with van der Waals surface area (Å²) in [7, 11) is 1.69. The van der Waals surface area contributed by atoms with Crippen LogP contribution in [-0.2, 0) is 20.9 Å². The minimum atomic E-state index is -1.82. The van der Waals surface area contributed by atoms with E-state index in [0.717, 1.165) is 38.6 Å². The third kappa shape index (κ3) is 6.73. The van der Waals surface area contributed by atoms with Crippen LogP contribution in [0.15, 0.2) is 24.3 Å². The molecule has 7 nitrogen and oxygen atoms in total. The predicted octanol–water partition coefficient (Wildman–Crippen LogP) is 0.683. The molecular weight excluding hydrogens is 278 g/mol. The van der Waals surface area contributed by atoms with Gasteiger partial charge in [-0.25, -0.2) is 9.59 Å². The van der Waals surface area contributed by atoms with Crippen LogP contribution in [0.25, 0.3) is 0 Å². The van der Waals surface area contributed by atoms with Gasteiger partial charge >= 0.3 is 11.9 Å². The van der Waals surface area contributed by atoms with E-state index < -0.39 is 11.9 Å². The first-order valence-electron chi connectivity index (χ1n) is 6.42. The summed E-state index contributed by atoms with van der Waals surface area (Å²) in [6, 6.07) is 8.26. The molecule has 7 heteroatoms. The lowest BCUT2D eigenvalue weighted by molar-refractivity contribution is -0.159. The van der Waals surface area contributed by atoms with Gasteiger partial charge in [0, 0.05) is 19.6 Å². The molecule has 2 rings (SSSR count). The molecule has 0 amide bonds. The quantitative estimate of drug-likeness (QED) is 0.792. The Hall–Kier alpha value is -2.12. The van der Waals surface area contributed by atoms with Gasteiger partial charge in [-0.3, -0.25) is 4.90 Å². The molecule has 1 aliphatic rings. The van der Waals surface area contributed by atoms with Gasteiger partial charge in [0.1, 0.15) is 5.75 Å². The molecule has 1 aliphatic heterocycles. The fourth-order valence-electron chi connectivity index (χ4n) is 1.75. The number of morpholine rings is 1. The molecule has 1 aromatic carbocycles. The fourth-order valence-corrected chi connectivity index (χ4v) is 1.75. The summed E-state index contributed by atoms with van der Waals surface area (Å²) >= 11 is 0. The second kappa shape index (κ2) is 8.93. The number of ether oxygens (including phenoxy) is 2. The van der Waals surface area contributed by atoms with Crippen LogP contribution in [0.5, 0.6) is 5.75 Å². The summed E-state index contributed by atoms with van der Waals surface area (Å²) in [4.78, 5) is 20.6. The van der Waals surface area contributed by atoms with E-state index in [-0.39, 0.29) is 0 Å². The third-order valence-corrected chi connectivity index (χ3v) is 2.85. The number of carboxylic acid groups (broad SMARTS) is 2. The van der Waals surface area contributed by atoms with Crippen LogP contribution in [0.3, 0.4) is 0 Å². The topological polar surface area (TPSA) is 96.3 Å². The van der Waals surface area contributed by atoms with Crippen LogP contribution < -0.4 is 4.74 Å². The van der Waals surface area contributed by atoms with E-state index in [4.69, 9.17) is 29.3 Å². The molecule has 21 heavy (non-hydrogen) atoms. The lowest BCUT2D eigenvalue weighted by Gasteiger charge is -2.26. The molecule has 0 bridgehead atoms. The van der Waals surface area contributed by atoms with Crippen molar-refractivity contribution < 1.29 is 29.3 Å². The van der Waals surface area contributed by atoms with Crippen molar-refractivity contribution in [3.8, 4) is 5.75 Å². The number of rotatable bonds is 3. The molecule has 0 spiro atoms. The molecule has 0 aliphatic carbocycles. The van der Waals surface area contributed by atoms with Crippen molar-refractivity contribution >= 4 is 11.9 Å². The zero-order valence-electron chi connectivity index (χ0n) is 11.8. The Morgan fingerprint density at radius 1 is 1.14 bits per heavy atom. The molecule has 1 heterocycles. The van der Waals surface area contributed by atoms with Crippen LogP contribution in [0.4, 0.5) is 0 Å². The van der Waals surface area contributed by atoms with Gasteiger partial charge in [-0.1, -0.05) is 12.1 Å². The van der Waals surface area contributed by atoms with Gasteiger partial charge in [-0.2, -0.15) is 0 Å². The van der Waals surface area contributed by atoms with Gasteiger partial charge in [-0.05, 0) is 17.7 Å². The van der Waals surface area contributed by atoms with Crippen molar-refractivity contribution in [3.63, 3.8) is 0 Å². The maximum Gasteiger partial charge on any atom is 0.414 e. The molecule has 1 fully saturated rings. The van der Waals surface area contributed by atoms with Crippen LogP contribution in [0.1, 0.15) is 5.56 Å². The van der Waals surface area contributed by atoms with Gasteiger partial charge in [0.25, 0.3) is 0 Å². The molecule has 0 unspecified atom stereocenters. The zero-order valence-corrected chi connectivity index (χ0v) is 11.8. The summed E-state index contributed by atoms with van der Waals surface area (Å²) < 4.78 is 10.4. The van der Waals surface area contributed by atoms with E-state index in [9.17, 15) is 0 Å². The number of hydrogen-bond donors (Lipinski definition) is 2. The van der Waals surface area contributed by atoms with Crippen molar-refractivity contribution in [3.05, 3.63) is 29.8 Å². The second-order valence-electron chi connectivity index (χ2n) is 4.35. The monoisotopic (exact) mass is 297 g/mol. The summed E-state index contributed by atoms with van der Waals surface area (Å²) in [5.41, 5.74) is 1.33. The van der Waals surface area contributed by atoms with Crippen molar-refractivity contribution in [1.29, 1.82) is 0 Å². The first-order valence-corrected chi connectivity index (χ1v) is 6.42. The van der Waals surface area contributed by atoms with Crippen LogP contribution in [-0.4, -0.2) is 60.5 Å². The second-order valence-corrected chi connectivity index (χ2v) is 4.35. The Morgan fingerprint density at radius 3 is 2.10 bits per heavy atom. The van der Waals surface area contributed by atoms with E-state index in [1.165, 1.54) is 5.56 Å². The van der Waals surface area contributed by atoms with Gasteiger partial charge in [0.2, 0.25) is 0 Å². The molecule has 0 radical (unpaired) electrons. The molecule has 1 saturated heterocycles. The highest BCUT2D eigenvalue weighted by Crippen LogP contribution is 2.13. The first kappa shape index (κ1) is 16.9. The minimum Gasteiger partial charge on any atom is -0.497 e. The van der Waals surface area contributed by atoms with Gasteiger partial charge in [0.15, 0.2) is 0 Å². The Labute approximate surface area is 122 Å². The molecule has 2 N–H and O–H groups in total. The van der Waals surface area contributed by atoms with Crippen molar-refractivity contribution in [2.75, 3.05) is 33.4 Å². The predicted molar refractivity (Wildman–Crippen MR) is 74.4 cm³/mol. The van der Waals surface area contributed by atoms with Gasteiger partial charge in [0.05, 0.1) is 20.3 Å². The highest BCUT2D eigenvalue weighted by molar-refractivity contribution is 6.27. The first-order chi connectivity index (χ1) is 10.0. The fraction of sp³-hybridized carbons (Fsp3) is 0.429. The van der Waals surface area contributed by atoms with Crippen molar-refractivity contribution in [2.24, 2.45) is 0 Å². The van der Waals surface area contributed by atoms with Crippen molar-refractivity contribution in [1.82, 2.24) is 4.90 Å². The highest BCUT2D eigenvalue weighted by atomic mass is 16.5. The number of aliphatic carboxylic acids is 2. The maximum atomic E-state index is 9.10. The summed E-state index contributed by atoms with van der Waals surface area (Å²) in [6.07, 6.45) is 0. The van der Waals surface area contributed by atoms with Gasteiger partial charge in [-0.15, -0.1) is 0 Å². The summed E-state index contributed by atoms with van der Waals surface area (Å²) in [6.45, 7) is 4.79. The Bertz CT molecular complexity index is 441. The molecule has 0 saturated carbocycles. The van der Waals surface area contributed by atoms with Crippen molar-refractivity contribution in [2.45, 2.75) is 6.54 Å². The zero-order chi connectivity index (χ0) is 15.7. The Balaban J connectivity index is 0.000000315. The van der Waals surface area contributed by atoms with Crippen LogP contribution in [0.2, 0.25) is 0 Å². The van der Waals surface area contributed by atoms with Gasteiger partial charge < -0.3 is 19.7 Å². The molecule has 116 valence electrons. The average molecular weight is 297 g/mol. The lowest BCUT2D eigenvalue weighted by Crippen LogP contribution is -2.35. The third-order valence-electron chi connectivity index (χ3n) is 2.85. The van der Waals surface area contributed by atoms with E-state index in [1.807, 2.05) is 12.1 Å². The summed E-state index contributed by atoms with van der Waals surface area (Å²) in [5.74, 6) is -2.73. The smallest absolute Gasteiger partial charge is 0.414 e. The minimum absolute atomic E-state index is 0.857. The number of benzene rings is 1. The SMILES string of the molecule is COc1ccc(CN2CCOCC2)cc1.O=C(O)C(=O)O. The molecule has 1 aromatic rings. The molecule has 0 atom stereocenters. The van der Waals surface area contributed by atoms with Crippen LogP contribution in [0, 0.1) is 0 Å². The van der Waals surface area contributed by atoms with E-state index in [1.54, 1.807) is 7.11 Å². The number of methoxy groups -OCH3 is 1. The number of carboxylic acids is 2. The number of hydrogen-bond acceptors (Lipinski definition) is 5. The van der Waals surface area contributed by atoms with E-state index >= 15 is 0 Å². The molecule has 0 aromatic heterocycles. The maximum absolute atomic E-state index is 9.10. The Morgan fingerprint density at radius 2 is 1.67 bits per heavy atom. The number of nitrogens with zero attached hydrogens (tertiary/aromatic N) is 1. The lowest BCUT2D eigenvalue weighted by atomic mass is 10.2. The standard InChI is InChI=1S/C12H17NO2.C2H2O4/c1-14-12-4-2-11(3-5-12)10-13-6-8-15-9-7-13;3-1(4)2(5)6/h2-5H,6-10H2,1H3;(H,3,4)(H,5,6). The molecular formula is C14H19NO6.